The smallest absolute Gasteiger partial charge is 0.283 e. The van der Waals surface area contributed by atoms with E-state index in [0.29, 0.717) is 29.7 Å². The summed E-state index contributed by atoms with van der Waals surface area (Å²) in [5, 5.41) is 2.74. The number of rotatable bonds is 2. The van der Waals surface area contributed by atoms with Crippen molar-refractivity contribution in [2.24, 2.45) is 0 Å². The first-order chi connectivity index (χ1) is 10.0. The highest BCUT2D eigenvalue weighted by Gasteiger charge is 2.18. The number of hydrogen-bond acceptors (Lipinski definition) is 2. The van der Waals surface area contributed by atoms with Gasteiger partial charge in [-0.1, -0.05) is 12.1 Å². The fourth-order valence-corrected chi connectivity index (χ4v) is 2.32. The van der Waals surface area contributed by atoms with E-state index in [-0.39, 0.29) is 5.91 Å². The van der Waals surface area contributed by atoms with E-state index in [2.05, 4.69) is 10.3 Å². The molecule has 0 spiro atoms. The number of benzene rings is 1. The minimum atomic E-state index is -2.94. The molecular formula is C15H11F3N2O. The van der Waals surface area contributed by atoms with Crippen molar-refractivity contribution in [1.82, 2.24) is 4.98 Å². The minimum Gasteiger partial charge on any atom is -0.326 e. The third-order valence-corrected chi connectivity index (χ3v) is 3.42. The SMILES string of the molecule is O=C1CCc2ccc(-c3cnc(C(F)F)c(F)c3)cc2N1. The number of carbonyl (C=O) groups excluding carboxylic acids is 1. The van der Waals surface area contributed by atoms with Gasteiger partial charge >= 0.3 is 0 Å². The topological polar surface area (TPSA) is 42.0 Å². The Kier molecular flexibility index (Phi) is 3.37. The lowest BCUT2D eigenvalue weighted by atomic mass is 9.98. The monoisotopic (exact) mass is 292 g/mol. The van der Waals surface area contributed by atoms with E-state index >= 15 is 0 Å². The molecule has 0 saturated carbocycles. The maximum absolute atomic E-state index is 13.6. The molecule has 0 unspecified atom stereocenters. The van der Waals surface area contributed by atoms with E-state index < -0.39 is 17.9 Å². The molecule has 0 bridgehead atoms. The molecule has 3 nitrogen and oxygen atoms in total. The van der Waals surface area contributed by atoms with Crippen LogP contribution < -0.4 is 5.32 Å². The molecule has 2 aromatic rings. The fraction of sp³-hybridized carbons (Fsp3) is 0.200. The number of anilines is 1. The number of aromatic nitrogens is 1. The second-order valence-electron chi connectivity index (χ2n) is 4.81. The van der Waals surface area contributed by atoms with Crippen molar-refractivity contribution in [2.45, 2.75) is 19.3 Å². The van der Waals surface area contributed by atoms with Crippen LogP contribution in [0.25, 0.3) is 11.1 Å². The third-order valence-electron chi connectivity index (χ3n) is 3.42. The van der Waals surface area contributed by atoms with Gasteiger partial charge in [0.1, 0.15) is 5.69 Å². The number of nitrogens with one attached hydrogen (secondary N) is 1. The number of halogens is 3. The van der Waals surface area contributed by atoms with Crippen molar-refractivity contribution < 1.29 is 18.0 Å². The van der Waals surface area contributed by atoms with Crippen LogP contribution in [0.1, 0.15) is 24.1 Å². The molecule has 0 aliphatic carbocycles. The standard InChI is InChI=1S/C15H11F3N2O/c16-11-5-10(7-19-14(11)15(17)18)9-2-1-8-3-4-13(21)20-12(8)6-9/h1-2,5-7,15H,3-4H2,(H,20,21). The van der Waals surface area contributed by atoms with Gasteiger partial charge in [0.15, 0.2) is 5.82 Å². The van der Waals surface area contributed by atoms with Gasteiger partial charge in [-0.05, 0) is 29.7 Å². The van der Waals surface area contributed by atoms with Crippen LogP contribution in [0.5, 0.6) is 0 Å². The van der Waals surface area contributed by atoms with Gasteiger partial charge < -0.3 is 5.32 Å². The number of amides is 1. The molecule has 0 saturated heterocycles. The summed E-state index contributed by atoms with van der Waals surface area (Å²) in [6.45, 7) is 0. The molecule has 1 aliphatic rings. The zero-order valence-corrected chi connectivity index (χ0v) is 10.9. The zero-order chi connectivity index (χ0) is 15.0. The predicted octanol–water partition coefficient (Wildman–Crippen LogP) is 3.71. The van der Waals surface area contributed by atoms with E-state index in [0.717, 1.165) is 11.6 Å². The molecule has 0 fully saturated rings. The normalized spacial score (nSPS) is 14.0. The highest BCUT2D eigenvalue weighted by molar-refractivity contribution is 5.94. The van der Waals surface area contributed by atoms with E-state index in [1.54, 1.807) is 12.1 Å². The summed E-state index contributed by atoms with van der Waals surface area (Å²) in [5.74, 6) is -1.11. The molecular weight excluding hydrogens is 281 g/mol. The van der Waals surface area contributed by atoms with Crippen molar-refractivity contribution in [2.75, 3.05) is 5.32 Å². The molecule has 0 atom stereocenters. The second kappa shape index (κ2) is 5.20. The summed E-state index contributed by atoms with van der Waals surface area (Å²) < 4.78 is 38.5. The lowest BCUT2D eigenvalue weighted by Gasteiger charge is -2.17. The first-order valence-corrected chi connectivity index (χ1v) is 6.41. The Balaban J connectivity index is 1.99. The van der Waals surface area contributed by atoms with Crippen LogP contribution in [-0.2, 0) is 11.2 Å². The average Bonchev–Trinajstić information content (AvgIpc) is 2.46. The Labute approximate surface area is 118 Å². The number of hydrogen-bond donors (Lipinski definition) is 1. The fourth-order valence-electron chi connectivity index (χ4n) is 2.32. The van der Waals surface area contributed by atoms with Crippen LogP contribution in [0.2, 0.25) is 0 Å². The van der Waals surface area contributed by atoms with Gasteiger partial charge in [0, 0.05) is 23.9 Å². The van der Waals surface area contributed by atoms with Crippen molar-refractivity contribution in [3.63, 3.8) is 0 Å². The van der Waals surface area contributed by atoms with Crippen LogP contribution in [0.15, 0.2) is 30.5 Å². The van der Waals surface area contributed by atoms with Gasteiger partial charge in [0.05, 0.1) is 0 Å². The second-order valence-corrected chi connectivity index (χ2v) is 4.81. The summed E-state index contributed by atoms with van der Waals surface area (Å²) in [6.07, 6.45) is -0.650. The molecule has 1 aromatic carbocycles. The Morgan fingerprint density at radius 2 is 1.95 bits per heavy atom. The maximum atomic E-state index is 13.6. The quantitative estimate of drug-likeness (QED) is 0.916. The van der Waals surface area contributed by atoms with Crippen LogP contribution >= 0.6 is 0 Å². The van der Waals surface area contributed by atoms with Gasteiger partial charge in [-0.25, -0.2) is 13.2 Å². The van der Waals surface area contributed by atoms with Crippen molar-refractivity contribution in [3.05, 3.63) is 47.5 Å². The Morgan fingerprint density at radius 3 is 2.67 bits per heavy atom. The average molecular weight is 292 g/mol. The highest BCUT2D eigenvalue weighted by atomic mass is 19.3. The van der Waals surface area contributed by atoms with Gasteiger partial charge in [-0.2, -0.15) is 0 Å². The minimum absolute atomic E-state index is 0.0722. The Bertz CT molecular complexity index is 716. The number of nitrogens with zero attached hydrogens (tertiary/aromatic N) is 1. The number of aryl methyl sites for hydroxylation is 1. The first kappa shape index (κ1) is 13.6. The number of pyridine rings is 1. The molecule has 6 heteroatoms. The highest BCUT2D eigenvalue weighted by Crippen LogP contribution is 2.30. The van der Waals surface area contributed by atoms with Crippen molar-refractivity contribution in [1.29, 1.82) is 0 Å². The summed E-state index contributed by atoms with van der Waals surface area (Å²) in [6, 6.07) is 6.32. The van der Waals surface area contributed by atoms with Crippen molar-refractivity contribution >= 4 is 11.6 Å². The van der Waals surface area contributed by atoms with Crippen LogP contribution in [0, 0.1) is 5.82 Å². The summed E-state index contributed by atoms with van der Waals surface area (Å²) in [4.78, 5) is 14.8. The third kappa shape index (κ3) is 2.61. The van der Waals surface area contributed by atoms with Gasteiger partial charge in [0.2, 0.25) is 5.91 Å². The first-order valence-electron chi connectivity index (χ1n) is 6.41. The van der Waals surface area contributed by atoms with Crippen LogP contribution in [-0.4, -0.2) is 10.9 Å². The molecule has 108 valence electrons. The van der Waals surface area contributed by atoms with E-state index in [4.69, 9.17) is 0 Å². The molecule has 2 heterocycles. The van der Waals surface area contributed by atoms with Crippen molar-refractivity contribution in [3.8, 4) is 11.1 Å². The molecule has 0 radical (unpaired) electrons. The Morgan fingerprint density at radius 1 is 1.14 bits per heavy atom. The molecule has 21 heavy (non-hydrogen) atoms. The summed E-state index contributed by atoms with van der Waals surface area (Å²) >= 11 is 0. The van der Waals surface area contributed by atoms with Crippen LogP contribution in [0.3, 0.4) is 0 Å². The lowest BCUT2D eigenvalue weighted by Crippen LogP contribution is -2.18. The molecule has 1 aliphatic heterocycles. The number of fused-ring (bicyclic) bond motifs is 1. The molecule has 1 aromatic heterocycles. The van der Waals surface area contributed by atoms with Gasteiger partial charge in [0.25, 0.3) is 6.43 Å². The van der Waals surface area contributed by atoms with E-state index in [1.165, 1.54) is 6.20 Å². The van der Waals surface area contributed by atoms with Crippen LogP contribution in [0.4, 0.5) is 18.9 Å². The predicted molar refractivity (Wildman–Crippen MR) is 71.5 cm³/mol. The largest absolute Gasteiger partial charge is 0.326 e. The Hall–Kier alpha value is -2.37. The molecule has 1 N–H and O–H groups in total. The van der Waals surface area contributed by atoms with Gasteiger partial charge in [-0.15, -0.1) is 0 Å². The molecule has 1 amide bonds. The van der Waals surface area contributed by atoms with E-state index in [1.807, 2.05) is 6.07 Å². The number of carbonyl (C=O) groups is 1. The van der Waals surface area contributed by atoms with E-state index in [9.17, 15) is 18.0 Å². The summed E-state index contributed by atoms with van der Waals surface area (Å²) in [7, 11) is 0. The number of alkyl halides is 2. The zero-order valence-electron chi connectivity index (χ0n) is 10.9. The molecule has 3 rings (SSSR count). The maximum Gasteiger partial charge on any atom is 0.283 e. The van der Waals surface area contributed by atoms with Gasteiger partial charge in [-0.3, -0.25) is 9.78 Å². The summed E-state index contributed by atoms with van der Waals surface area (Å²) in [5.41, 5.74) is 1.81. The lowest BCUT2D eigenvalue weighted by molar-refractivity contribution is -0.116.